The maximum atomic E-state index is 12.0. The van der Waals surface area contributed by atoms with Crippen LogP contribution in [0.1, 0.15) is 10.4 Å². The van der Waals surface area contributed by atoms with Crippen molar-refractivity contribution in [3.8, 4) is 0 Å². The van der Waals surface area contributed by atoms with Crippen LogP contribution < -0.4 is 5.32 Å². The molecule has 1 aliphatic rings. The number of benzene rings is 1. The molecule has 8 heteroatoms. The topological polar surface area (TPSA) is 86.7 Å². The molecule has 2 amide bonds. The molecule has 2 N–H and O–H groups in total. The van der Waals surface area contributed by atoms with Crippen LogP contribution in [-0.4, -0.2) is 44.9 Å². The molecule has 1 aliphatic heterocycles. The molecule has 6 nitrogen and oxygen atoms in total. The Labute approximate surface area is 124 Å². The van der Waals surface area contributed by atoms with Gasteiger partial charge in [0.05, 0.1) is 5.56 Å². The number of halogens is 1. The summed E-state index contributed by atoms with van der Waals surface area (Å²) in [5, 5.41) is 10.6. The smallest absolute Gasteiger partial charge is 0.337 e. The molecule has 0 unspecified atom stereocenters. The van der Waals surface area contributed by atoms with Gasteiger partial charge in [-0.05, 0) is 23.9 Å². The third-order valence-corrected chi connectivity index (χ3v) is 3.83. The Morgan fingerprint density at radius 3 is 2.75 bits per heavy atom. The fraction of sp³-hybridized carbons (Fsp3) is 0.250. The van der Waals surface area contributed by atoms with E-state index in [4.69, 9.17) is 16.7 Å². The van der Waals surface area contributed by atoms with Gasteiger partial charge in [-0.1, -0.05) is 12.1 Å². The van der Waals surface area contributed by atoms with Crippen molar-refractivity contribution in [3.63, 3.8) is 0 Å². The van der Waals surface area contributed by atoms with Crippen LogP contribution in [0.2, 0.25) is 0 Å². The van der Waals surface area contributed by atoms with Gasteiger partial charge in [-0.25, -0.2) is 4.79 Å². The standard InChI is InChI=1S/C12H11ClN2O4S/c13-5-6-15-10(16)9(20-12(15)19)14-8-4-2-1-3-7(8)11(17)18/h1-4,9,14H,5-6H2,(H,17,18)/t9-/m1/s1. The van der Waals surface area contributed by atoms with E-state index in [0.717, 1.165) is 16.7 Å². The first-order valence-corrected chi connectivity index (χ1v) is 7.13. The summed E-state index contributed by atoms with van der Waals surface area (Å²) in [6, 6.07) is 6.21. The highest BCUT2D eigenvalue weighted by Gasteiger charge is 2.39. The monoisotopic (exact) mass is 314 g/mol. The molecular weight excluding hydrogens is 304 g/mol. The van der Waals surface area contributed by atoms with Crippen LogP contribution in [0.3, 0.4) is 0 Å². The second kappa shape index (κ2) is 6.15. The van der Waals surface area contributed by atoms with Crippen LogP contribution in [0.5, 0.6) is 0 Å². The summed E-state index contributed by atoms with van der Waals surface area (Å²) >= 11 is 6.35. The Kier molecular flexibility index (Phi) is 4.51. The first-order chi connectivity index (χ1) is 9.54. The Balaban J connectivity index is 2.18. The number of imide groups is 1. The van der Waals surface area contributed by atoms with E-state index in [9.17, 15) is 14.4 Å². The zero-order chi connectivity index (χ0) is 14.7. The number of thioether (sulfide) groups is 1. The van der Waals surface area contributed by atoms with Crippen LogP contribution in [0.25, 0.3) is 0 Å². The molecule has 106 valence electrons. The molecule has 1 aromatic carbocycles. The maximum Gasteiger partial charge on any atom is 0.337 e. The van der Waals surface area contributed by atoms with Crippen molar-refractivity contribution < 1.29 is 19.5 Å². The minimum absolute atomic E-state index is 0.0455. The van der Waals surface area contributed by atoms with Crippen LogP contribution in [0, 0.1) is 0 Å². The van der Waals surface area contributed by atoms with Gasteiger partial charge in [0.25, 0.3) is 11.1 Å². The number of hydrogen-bond donors (Lipinski definition) is 2. The highest BCUT2D eigenvalue weighted by molar-refractivity contribution is 8.15. The molecule has 1 atom stereocenters. The quantitative estimate of drug-likeness (QED) is 0.809. The van der Waals surface area contributed by atoms with E-state index in [1.807, 2.05) is 0 Å². The highest BCUT2D eigenvalue weighted by atomic mass is 35.5. The van der Waals surface area contributed by atoms with Crippen molar-refractivity contribution >= 4 is 46.2 Å². The fourth-order valence-electron chi connectivity index (χ4n) is 1.76. The largest absolute Gasteiger partial charge is 0.478 e. The van der Waals surface area contributed by atoms with Gasteiger partial charge in [0, 0.05) is 18.1 Å². The third-order valence-electron chi connectivity index (χ3n) is 2.68. The summed E-state index contributed by atoms with van der Waals surface area (Å²) in [4.78, 5) is 35.8. The van der Waals surface area contributed by atoms with Crippen LogP contribution in [0.15, 0.2) is 24.3 Å². The van der Waals surface area contributed by atoms with Crippen molar-refractivity contribution in [2.24, 2.45) is 0 Å². The number of aromatic carboxylic acids is 1. The zero-order valence-electron chi connectivity index (χ0n) is 10.2. The minimum Gasteiger partial charge on any atom is -0.478 e. The van der Waals surface area contributed by atoms with Crippen LogP contribution in [-0.2, 0) is 4.79 Å². The Bertz CT molecular complexity index is 566. The molecule has 1 saturated heterocycles. The number of nitrogens with zero attached hydrogens (tertiary/aromatic N) is 1. The van der Waals surface area contributed by atoms with Gasteiger partial charge in [0.15, 0.2) is 5.37 Å². The summed E-state index contributed by atoms with van der Waals surface area (Å²) in [7, 11) is 0. The molecule has 1 aromatic rings. The lowest BCUT2D eigenvalue weighted by Gasteiger charge is -2.14. The van der Waals surface area contributed by atoms with Crippen molar-refractivity contribution in [1.29, 1.82) is 0 Å². The van der Waals surface area contributed by atoms with Gasteiger partial charge < -0.3 is 10.4 Å². The lowest BCUT2D eigenvalue weighted by Crippen LogP contribution is -2.35. The number of para-hydroxylation sites is 1. The van der Waals surface area contributed by atoms with Gasteiger partial charge in [0.1, 0.15) is 0 Å². The number of carboxylic acids is 1. The molecule has 0 bridgehead atoms. The van der Waals surface area contributed by atoms with Gasteiger partial charge >= 0.3 is 5.97 Å². The average molecular weight is 315 g/mol. The van der Waals surface area contributed by atoms with E-state index in [1.54, 1.807) is 18.2 Å². The van der Waals surface area contributed by atoms with Crippen molar-refractivity contribution in [3.05, 3.63) is 29.8 Å². The summed E-state index contributed by atoms with van der Waals surface area (Å²) in [6.07, 6.45) is 0. The van der Waals surface area contributed by atoms with E-state index in [-0.39, 0.29) is 23.2 Å². The first-order valence-electron chi connectivity index (χ1n) is 5.71. The fourth-order valence-corrected chi connectivity index (χ4v) is 2.85. The Morgan fingerprint density at radius 1 is 1.40 bits per heavy atom. The Hall–Kier alpha value is -1.73. The number of nitrogens with one attached hydrogen (secondary N) is 1. The van der Waals surface area contributed by atoms with E-state index >= 15 is 0 Å². The van der Waals surface area contributed by atoms with Gasteiger partial charge in [-0.2, -0.15) is 0 Å². The summed E-state index contributed by atoms with van der Waals surface area (Å²) in [5.41, 5.74) is 0.343. The summed E-state index contributed by atoms with van der Waals surface area (Å²) < 4.78 is 0. The van der Waals surface area contributed by atoms with E-state index < -0.39 is 17.3 Å². The normalized spacial score (nSPS) is 18.4. The summed E-state index contributed by atoms with van der Waals surface area (Å²) in [5.74, 6) is -1.36. The molecule has 2 rings (SSSR count). The molecule has 1 heterocycles. The second-order valence-corrected chi connectivity index (χ2v) is 5.37. The number of hydrogen-bond acceptors (Lipinski definition) is 5. The van der Waals surface area contributed by atoms with Crippen LogP contribution in [0.4, 0.5) is 10.5 Å². The number of alkyl halides is 1. The predicted octanol–water partition coefficient (Wildman–Crippen LogP) is 2.06. The minimum atomic E-state index is -1.10. The van der Waals surface area contributed by atoms with Gasteiger partial charge in [0.2, 0.25) is 0 Å². The molecule has 0 spiro atoms. The zero-order valence-corrected chi connectivity index (χ0v) is 11.8. The molecule has 0 radical (unpaired) electrons. The number of carboxylic acid groups (broad SMARTS) is 1. The first kappa shape index (κ1) is 14.7. The molecule has 0 aromatic heterocycles. The van der Waals surface area contributed by atoms with Crippen molar-refractivity contribution in [1.82, 2.24) is 4.90 Å². The number of carbonyl (C=O) groups is 3. The lowest BCUT2D eigenvalue weighted by atomic mass is 10.2. The highest BCUT2D eigenvalue weighted by Crippen LogP contribution is 2.29. The Morgan fingerprint density at radius 2 is 2.10 bits per heavy atom. The van der Waals surface area contributed by atoms with E-state index in [1.165, 1.54) is 6.07 Å². The van der Waals surface area contributed by atoms with E-state index in [0.29, 0.717) is 5.69 Å². The predicted molar refractivity (Wildman–Crippen MR) is 76.2 cm³/mol. The number of anilines is 1. The average Bonchev–Trinajstić information content (AvgIpc) is 2.67. The van der Waals surface area contributed by atoms with Crippen molar-refractivity contribution in [2.45, 2.75) is 5.37 Å². The lowest BCUT2D eigenvalue weighted by molar-refractivity contribution is -0.126. The van der Waals surface area contributed by atoms with Crippen LogP contribution >= 0.6 is 23.4 Å². The van der Waals surface area contributed by atoms with Crippen molar-refractivity contribution in [2.75, 3.05) is 17.7 Å². The molecule has 20 heavy (non-hydrogen) atoms. The number of amides is 2. The second-order valence-electron chi connectivity index (χ2n) is 3.94. The van der Waals surface area contributed by atoms with Gasteiger partial charge in [-0.15, -0.1) is 11.6 Å². The number of rotatable bonds is 5. The maximum absolute atomic E-state index is 12.0. The molecule has 1 fully saturated rings. The SMILES string of the molecule is O=C(O)c1ccccc1N[C@@H]1SC(=O)N(CCCl)C1=O. The third kappa shape index (κ3) is 2.88. The van der Waals surface area contributed by atoms with E-state index in [2.05, 4.69) is 5.32 Å². The molecule has 0 aliphatic carbocycles. The summed E-state index contributed by atoms with van der Waals surface area (Å²) in [6.45, 7) is 0.144. The number of carbonyl (C=O) groups excluding carboxylic acids is 2. The molecule has 0 saturated carbocycles. The molecular formula is C12H11ClN2O4S. The van der Waals surface area contributed by atoms with Gasteiger partial charge in [-0.3, -0.25) is 14.5 Å².